The Labute approximate surface area is 172 Å². The summed E-state index contributed by atoms with van der Waals surface area (Å²) in [6.45, 7) is 2.01. The second-order valence-electron chi connectivity index (χ2n) is 5.67. The van der Waals surface area contributed by atoms with Crippen LogP contribution < -0.4 is 10.5 Å². The number of aromatic amines is 1. The number of rotatable bonds is 4. The Morgan fingerprint density at radius 3 is 2.60 bits per heavy atom. The number of carbonyl (C=O) groups excluding carboxylic acids is 2. The topological polar surface area (TPSA) is 149 Å². The summed E-state index contributed by atoms with van der Waals surface area (Å²) in [7, 11) is 3.09. The van der Waals surface area contributed by atoms with Crippen LogP contribution in [0.5, 0.6) is 11.5 Å². The van der Waals surface area contributed by atoms with Gasteiger partial charge in [0.05, 0.1) is 30.2 Å². The average molecular weight is 410 g/mol. The second-order valence-corrected chi connectivity index (χ2v) is 5.67. The van der Waals surface area contributed by atoms with E-state index in [0.29, 0.717) is 23.6 Å². The number of nitrogens with two attached hydrogens (primary N) is 1. The molecule has 2 aromatic heterocycles. The van der Waals surface area contributed by atoms with E-state index >= 15 is 0 Å². The van der Waals surface area contributed by atoms with Crippen LogP contribution in [0.3, 0.4) is 0 Å². The molecule has 0 bridgehead atoms. The zero-order chi connectivity index (χ0) is 22.1. The number of nitrogens with zero attached hydrogens (tertiary/aromatic N) is 4. The number of benzene rings is 2. The first-order chi connectivity index (χ1) is 14.6. The summed E-state index contributed by atoms with van der Waals surface area (Å²) in [4.78, 5) is 23.8. The Morgan fingerprint density at radius 2 is 1.93 bits per heavy atom. The van der Waals surface area contributed by atoms with Gasteiger partial charge < -0.3 is 20.6 Å². The van der Waals surface area contributed by atoms with E-state index in [0.717, 1.165) is 22.5 Å². The number of hydrogen-bond donors (Lipinski definition) is 3. The number of imidazole rings is 1. The van der Waals surface area contributed by atoms with E-state index in [1.807, 2.05) is 29.7 Å². The van der Waals surface area contributed by atoms with Gasteiger partial charge in [-0.1, -0.05) is 13.0 Å². The highest BCUT2D eigenvalue weighted by Crippen LogP contribution is 2.34. The predicted octanol–water partition coefficient (Wildman–Crippen LogP) is 2.08. The van der Waals surface area contributed by atoms with Crippen molar-refractivity contribution in [3.63, 3.8) is 0 Å². The Bertz CT molecular complexity index is 1150. The molecule has 4 N–H and O–H groups in total. The van der Waals surface area contributed by atoms with Gasteiger partial charge in [-0.2, -0.15) is 9.59 Å². The summed E-state index contributed by atoms with van der Waals surface area (Å²) >= 11 is 0. The van der Waals surface area contributed by atoms with Gasteiger partial charge in [0.25, 0.3) is 0 Å². The van der Waals surface area contributed by atoms with Crippen molar-refractivity contribution in [1.82, 2.24) is 24.7 Å². The molecule has 0 saturated heterocycles. The van der Waals surface area contributed by atoms with Crippen LogP contribution in [-0.2, 0) is 16.0 Å². The first-order valence-corrected chi connectivity index (χ1v) is 8.95. The molecule has 10 nitrogen and oxygen atoms in total. The maximum atomic E-state index is 10.4. The first-order valence-electron chi connectivity index (χ1n) is 8.95. The highest BCUT2D eigenvalue weighted by Gasteiger charge is 2.20. The van der Waals surface area contributed by atoms with Crippen molar-refractivity contribution in [2.24, 2.45) is 5.73 Å². The van der Waals surface area contributed by atoms with Crippen molar-refractivity contribution in [1.29, 1.82) is 0 Å². The Morgan fingerprint density at radius 1 is 1.20 bits per heavy atom. The number of methoxy groups -OCH3 is 1. The number of ether oxygens (including phenoxy) is 1. The van der Waals surface area contributed by atoms with E-state index in [1.165, 1.54) is 7.05 Å². The van der Waals surface area contributed by atoms with E-state index in [9.17, 15) is 5.11 Å². The monoisotopic (exact) mass is 410 g/mol. The SMILES string of the molecule is CCc1nnc(-c2cc(OC)ccc2O)n1-c1cccc2[nH]cnc12.CN.O=C=O. The van der Waals surface area contributed by atoms with Crippen molar-refractivity contribution >= 4 is 17.2 Å². The summed E-state index contributed by atoms with van der Waals surface area (Å²) in [6, 6.07) is 10.9. The Kier molecular flexibility index (Phi) is 7.81. The lowest BCUT2D eigenvalue weighted by Gasteiger charge is -2.12. The van der Waals surface area contributed by atoms with Crippen LogP contribution in [0.4, 0.5) is 0 Å². The number of H-pyrrole nitrogens is 1. The molecule has 156 valence electrons. The lowest BCUT2D eigenvalue weighted by atomic mass is 10.1. The Balaban J connectivity index is 0.000000590. The molecular weight excluding hydrogens is 388 g/mol. The minimum Gasteiger partial charge on any atom is -0.507 e. The third-order valence-electron chi connectivity index (χ3n) is 4.16. The van der Waals surface area contributed by atoms with Gasteiger partial charge in [0, 0.05) is 6.42 Å². The van der Waals surface area contributed by atoms with Crippen LogP contribution in [0.25, 0.3) is 28.1 Å². The van der Waals surface area contributed by atoms with E-state index in [4.69, 9.17) is 14.3 Å². The number of aryl methyl sites for hydroxylation is 1. The number of fused-ring (bicyclic) bond motifs is 1. The van der Waals surface area contributed by atoms with E-state index in [1.54, 1.807) is 31.6 Å². The summed E-state index contributed by atoms with van der Waals surface area (Å²) in [6.07, 6.45) is 2.60. The van der Waals surface area contributed by atoms with Crippen LogP contribution in [-0.4, -0.2) is 50.1 Å². The molecule has 0 aliphatic heterocycles. The van der Waals surface area contributed by atoms with Crippen LogP contribution in [0.15, 0.2) is 42.7 Å². The van der Waals surface area contributed by atoms with Gasteiger partial charge in [-0.25, -0.2) is 4.98 Å². The molecule has 4 aromatic rings. The van der Waals surface area contributed by atoms with Crippen molar-refractivity contribution < 1.29 is 19.4 Å². The van der Waals surface area contributed by atoms with Crippen molar-refractivity contribution in [2.45, 2.75) is 13.3 Å². The molecule has 10 heteroatoms. The van der Waals surface area contributed by atoms with Gasteiger partial charge in [-0.15, -0.1) is 10.2 Å². The quantitative estimate of drug-likeness (QED) is 0.463. The van der Waals surface area contributed by atoms with E-state index in [2.05, 4.69) is 25.9 Å². The third-order valence-corrected chi connectivity index (χ3v) is 4.16. The molecule has 2 heterocycles. The molecule has 0 amide bonds. The second kappa shape index (κ2) is 10.5. The minimum atomic E-state index is 0.117. The van der Waals surface area contributed by atoms with E-state index < -0.39 is 0 Å². The molecule has 0 radical (unpaired) electrons. The van der Waals surface area contributed by atoms with Crippen molar-refractivity contribution in [3.05, 3.63) is 48.5 Å². The van der Waals surface area contributed by atoms with E-state index in [-0.39, 0.29) is 11.9 Å². The molecule has 0 aliphatic carbocycles. The van der Waals surface area contributed by atoms with Gasteiger partial charge in [0.2, 0.25) is 0 Å². The van der Waals surface area contributed by atoms with Gasteiger partial charge in [0.1, 0.15) is 22.8 Å². The number of aromatic hydroxyl groups is 1. The maximum Gasteiger partial charge on any atom is 0.373 e. The van der Waals surface area contributed by atoms with Crippen molar-refractivity contribution in [3.8, 4) is 28.6 Å². The highest BCUT2D eigenvalue weighted by molar-refractivity contribution is 5.85. The summed E-state index contributed by atoms with van der Waals surface area (Å²) in [5.74, 6) is 2.08. The largest absolute Gasteiger partial charge is 0.507 e. The lowest BCUT2D eigenvalue weighted by Crippen LogP contribution is -2.03. The Hall–Kier alpha value is -4.01. The first kappa shape index (κ1) is 22.3. The number of hydrogen-bond acceptors (Lipinski definition) is 8. The van der Waals surface area contributed by atoms with Gasteiger partial charge in [-0.05, 0) is 37.4 Å². The number of aromatic nitrogens is 5. The van der Waals surface area contributed by atoms with Crippen LogP contribution >= 0.6 is 0 Å². The molecule has 4 rings (SSSR count). The average Bonchev–Trinajstić information content (AvgIpc) is 3.43. The zero-order valence-electron chi connectivity index (χ0n) is 16.8. The lowest BCUT2D eigenvalue weighted by molar-refractivity contribution is -0.191. The standard InChI is InChI=1S/C18H17N5O2.CH5N.CO2/c1-3-16-21-22-18(12-9-11(25-2)7-8-15(12)24)23(16)14-6-4-5-13-17(14)20-10-19-13;1-2;2-1-3/h4-10,24H,3H2,1-2H3,(H,19,20);2H2,1H3;. The van der Waals surface area contributed by atoms with Gasteiger partial charge >= 0.3 is 6.15 Å². The fraction of sp³-hybridized carbons (Fsp3) is 0.200. The zero-order valence-corrected chi connectivity index (χ0v) is 16.8. The number of phenols is 1. The van der Waals surface area contributed by atoms with Crippen molar-refractivity contribution in [2.75, 3.05) is 14.2 Å². The highest BCUT2D eigenvalue weighted by atomic mass is 16.5. The molecule has 0 aliphatic rings. The molecule has 0 unspecified atom stereocenters. The summed E-state index contributed by atoms with van der Waals surface area (Å²) < 4.78 is 7.21. The predicted molar refractivity (Wildman–Crippen MR) is 109 cm³/mol. The molecule has 2 aromatic carbocycles. The molecular formula is C20H22N6O4. The van der Waals surface area contributed by atoms with Crippen LogP contribution in [0.1, 0.15) is 12.7 Å². The molecule has 30 heavy (non-hydrogen) atoms. The van der Waals surface area contributed by atoms with Gasteiger partial charge in [0.15, 0.2) is 5.82 Å². The van der Waals surface area contributed by atoms with Gasteiger partial charge in [-0.3, -0.25) is 4.57 Å². The molecule has 0 fully saturated rings. The summed E-state index contributed by atoms with van der Waals surface area (Å²) in [5.41, 5.74) is 7.66. The smallest absolute Gasteiger partial charge is 0.373 e. The fourth-order valence-corrected chi connectivity index (χ4v) is 2.92. The molecule has 0 spiro atoms. The molecule has 0 atom stereocenters. The number of phenolic OH excluding ortho intramolecular Hbond substituents is 1. The van der Waals surface area contributed by atoms with Crippen LogP contribution in [0, 0.1) is 0 Å². The third kappa shape index (κ3) is 4.35. The number of para-hydroxylation sites is 1. The fourth-order valence-electron chi connectivity index (χ4n) is 2.92. The summed E-state index contributed by atoms with van der Waals surface area (Å²) in [5, 5.41) is 19.0. The maximum absolute atomic E-state index is 10.4. The van der Waals surface area contributed by atoms with Crippen LogP contribution in [0.2, 0.25) is 0 Å². The normalized spacial score (nSPS) is 9.73. The number of nitrogens with one attached hydrogen (secondary N) is 1. The minimum absolute atomic E-state index is 0.117. The molecule has 0 saturated carbocycles.